The quantitative estimate of drug-likeness (QED) is 0.504. The lowest BCUT2D eigenvalue weighted by molar-refractivity contribution is 0.0697. The van der Waals surface area contributed by atoms with Crippen LogP contribution in [0.15, 0.2) is 53.5 Å². The maximum Gasteiger partial charge on any atom is 0.335 e. The summed E-state index contributed by atoms with van der Waals surface area (Å²) in [6, 6.07) is 15.5. The van der Waals surface area contributed by atoms with Crippen molar-refractivity contribution in [3.63, 3.8) is 0 Å². The molecule has 0 atom stereocenters. The van der Waals surface area contributed by atoms with E-state index < -0.39 is 5.97 Å². The second-order valence-electron chi connectivity index (χ2n) is 8.81. The lowest BCUT2D eigenvalue weighted by atomic mass is 9.94. The van der Waals surface area contributed by atoms with E-state index in [0.717, 1.165) is 55.2 Å². The molecule has 0 radical (unpaired) electrons. The van der Waals surface area contributed by atoms with Crippen molar-refractivity contribution in [2.45, 2.75) is 44.7 Å². The summed E-state index contributed by atoms with van der Waals surface area (Å²) in [5.41, 5.74) is 2.19. The molecular formula is C26H34N4O3. The number of carboxylic acids is 1. The minimum Gasteiger partial charge on any atom is -0.497 e. The maximum atomic E-state index is 11.2. The number of hydrogen-bond acceptors (Lipinski definition) is 4. The summed E-state index contributed by atoms with van der Waals surface area (Å²) in [5.74, 6) is 0.721. The van der Waals surface area contributed by atoms with Crippen LogP contribution >= 0.6 is 0 Å². The van der Waals surface area contributed by atoms with Crippen molar-refractivity contribution in [2.75, 3.05) is 38.6 Å². The standard InChI is InChI=1S/C26H34N4O3/c1-33-24-9-5-6-20(18-24)19-27-26(28-22-12-10-21(11-13-22)25(31)32)30-16-14-29(15-17-30)23-7-3-2-4-8-23/h5-6,9-13,18,23H,2-4,7-8,14-17,19H2,1H3,(H,27,28)(H,31,32). The zero-order chi connectivity index (χ0) is 23.0. The Labute approximate surface area is 196 Å². The zero-order valence-electron chi connectivity index (χ0n) is 19.4. The summed E-state index contributed by atoms with van der Waals surface area (Å²) in [6.45, 7) is 4.47. The predicted octanol–water partition coefficient (Wildman–Crippen LogP) is 4.31. The summed E-state index contributed by atoms with van der Waals surface area (Å²) in [7, 11) is 1.67. The molecule has 2 aromatic carbocycles. The van der Waals surface area contributed by atoms with Crippen LogP contribution in [-0.2, 0) is 6.54 Å². The second-order valence-corrected chi connectivity index (χ2v) is 8.81. The number of methoxy groups -OCH3 is 1. The molecule has 0 unspecified atom stereocenters. The lowest BCUT2D eigenvalue weighted by Gasteiger charge is -2.41. The Bertz CT molecular complexity index is 946. The van der Waals surface area contributed by atoms with Crippen LogP contribution < -0.4 is 10.1 Å². The summed E-state index contributed by atoms with van der Waals surface area (Å²) in [5, 5.41) is 12.6. The van der Waals surface area contributed by atoms with Crippen LogP contribution in [0.3, 0.4) is 0 Å². The molecule has 2 aromatic rings. The Balaban J connectivity index is 1.47. The van der Waals surface area contributed by atoms with E-state index in [1.165, 1.54) is 32.1 Å². The number of anilines is 1. The molecule has 0 aromatic heterocycles. The SMILES string of the molecule is COc1cccc(CN=C(Nc2ccc(C(=O)O)cc2)N2CCN(C3CCCCC3)CC2)c1. The van der Waals surface area contributed by atoms with Gasteiger partial charge in [-0.05, 0) is 54.8 Å². The number of rotatable bonds is 6. The highest BCUT2D eigenvalue weighted by molar-refractivity contribution is 5.94. The number of aliphatic imine (C=N–C) groups is 1. The van der Waals surface area contributed by atoms with Gasteiger partial charge in [-0.1, -0.05) is 31.4 Å². The molecule has 2 N–H and O–H groups in total. The average molecular weight is 451 g/mol. The van der Waals surface area contributed by atoms with Gasteiger partial charge in [-0.15, -0.1) is 0 Å². The normalized spacial score (nSPS) is 18.2. The maximum absolute atomic E-state index is 11.2. The molecule has 1 aliphatic heterocycles. The lowest BCUT2D eigenvalue weighted by Crippen LogP contribution is -2.53. The largest absolute Gasteiger partial charge is 0.497 e. The van der Waals surface area contributed by atoms with Crippen molar-refractivity contribution in [1.29, 1.82) is 0 Å². The number of piperazine rings is 1. The van der Waals surface area contributed by atoms with Crippen molar-refractivity contribution in [3.05, 3.63) is 59.7 Å². The number of hydrogen-bond donors (Lipinski definition) is 2. The van der Waals surface area contributed by atoms with Crippen LogP contribution in [0.4, 0.5) is 5.69 Å². The molecule has 0 spiro atoms. The minimum absolute atomic E-state index is 0.275. The third-order valence-corrected chi connectivity index (χ3v) is 6.64. The molecule has 33 heavy (non-hydrogen) atoms. The monoisotopic (exact) mass is 450 g/mol. The Morgan fingerprint density at radius 3 is 2.45 bits per heavy atom. The van der Waals surface area contributed by atoms with Crippen molar-refractivity contribution in [3.8, 4) is 5.75 Å². The van der Waals surface area contributed by atoms with E-state index in [1.54, 1.807) is 31.4 Å². The molecular weight excluding hydrogens is 416 g/mol. The molecule has 7 nitrogen and oxygen atoms in total. The van der Waals surface area contributed by atoms with Crippen LogP contribution in [0.2, 0.25) is 0 Å². The van der Waals surface area contributed by atoms with Gasteiger partial charge in [0.1, 0.15) is 5.75 Å². The molecule has 1 saturated heterocycles. The van der Waals surface area contributed by atoms with Crippen molar-refractivity contribution < 1.29 is 14.6 Å². The van der Waals surface area contributed by atoms with Crippen molar-refractivity contribution in [2.24, 2.45) is 4.99 Å². The fourth-order valence-electron chi connectivity index (χ4n) is 4.73. The van der Waals surface area contributed by atoms with Gasteiger partial charge in [0.2, 0.25) is 0 Å². The van der Waals surface area contributed by atoms with Crippen LogP contribution in [0.25, 0.3) is 0 Å². The summed E-state index contributed by atoms with van der Waals surface area (Å²) < 4.78 is 5.35. The highest BCUT2D eigenvalue weighted by atomic mass is 16.5. The Morgan fingerprint density at radius 2 is 1.79 bits per heavy atom. The van der Waals surface area contributed by atoms with E-state index in [4.69, 9.17) is 9.73 Å². The van der Waals surface area contributed by atoms with Gasteiger partial charge in [0.15, 0.2) is 5.96 Å². The number of carboxylic acid groups (broad SMARTS) is 1. The number of nitrogens with one attached hydrogen (secondary N) is 1. The first kappa shape index (κ1) is 23.1. The third-order valence-electron chi connectivity index (χ3n) is 6.64. The summed E-state index contributed by atoms with van der Waals surface area (Å²) >= 11 is 0. The number of benzene rings is 2. The summed E-state index contributed by atoms with van der Waals surface area (Å²) in [4.78, 5) is 21.1. The number of aromatic carboxylic acids is 1. The minimum atomic E-state index is -0.924. The van der Waals surface area contributed by atoms with E-state index in [1.807, 2.05) is 24.3 Å². The first-order chi connectivity index (χ1) is 16.1. The number of guanidine groups is 1. The van der Waals surface area contributed by atoms with Crippen LogP contribution in [0.1, 0.15) is 48.0 Å². The number of carbonyl (C=O) groups is 1. The van der Waals surface area contributed by atoms with Gasteiger partial charge >= 0.3 is 5.97 Å². The number of ether oxygens (including phenoxy) is 1. The average Bonchev–Trinajstić information content (AvgIpc) is 2.87. The van der Waals surface area contributed by atoms with Gasteiger partial charge < -0.3 is 20.1 Å². The fraction of sp³-hybridized carbons (Fsp3) is 0.462. The first-order valence-electron chi connectivity index (χ1n) is 11.9. The highest BCUT2D eigenvalue weighted by Gasteiger charge is 2.26. The van der Waals surface area contributed by atoms with Gasteiger partial charge in [-0.3, -0.25) is 4.90 Å². The smallest absolute Gasteiger partial charge is 0.335 e. The van der Waals surface area contributed by atoms with Gasteiger partial charge in [0.25, 0.3) is 0 Å². The Hall–Kier alpha value is -3.06. The molecule has 2 aliphatic rings. The van der Waals surface area contributed by atoms with Gasteiger partial charge in [0, 0.05) is 37.9 Å². The van der Waals surface area contributed by atoms with Crippen LogP contribution in [0.5, 0.6) is 5.75 Å². The van der Waals surface area contributed by atoms with E-state index in [2.05, 4.69) is 15.1 Å². The third kappa shape index (κ3) is 6.26. The van der Waals surface area contributed by atoms with E-state index in [0.29, 0.717) is 6.54 Å². The molecule has 0 amide bonds. The fourth-order valence-corrected chi connectivity index (χ4v) is 4.73. The second kappa shape index (κ2) is 11.2. The summed E-state index contributed by atoms with van der Waals surface area (Å²) in [6.07, 6.45) is 6.73. The molecule has 1 aliphatic carbocycles. The molecule has 4 rings (SSSR count). The van der Waals surface area contributed by atoms with Crippen molar-refractivity contribution in [1.82, 2.24) is 9.80 Å². The van der Waals surface area contributed by atoms with Crippen LogP contribution in [-0.4, -0.2) is 66.2 Å². The van der Waals surface area contributed by atoms with Gasteiger partial charge in [0.05, 0.1) is 19.2 Å². The van der Waals surface area contributed by atoms with E-state index in [-0.39, 0.29) is 5.56 Å². The van der Waals surface area contributed by atoms with E-state index in [9.17, 15) is 9.90 Å². The van der Waals surface area contributed by atoms with E-state index >= 15 is 0 Å². The Kier molecular flexibility index (Phi) is 7.83. The topological polar surface area (TPSA) is 77.4 Å². The highest BCUT2D eigenvalue weighted by Crippen LogP contribution is 2.24. The molecule has 0 bridgehead atoms. The molecule has 7 heteroatoms. The predicted molar refractivity (Wildman–Crippen MR) is 131 cm³/mol. The molecule has 1 saturated carbocycles. The molecule has 2 fully saturated rings. The molecule has 176 valence electrons. The zero-order valence-corrected chi connectivity index (χ0v) is 19.4. The number of nitrogens with zero attached hydrogens (tertiary/aromatic N) is 3. The van der Waals surface area contributed by atoms with Crippen LogP contribution in [0, 0.1) is 0 Å². The van der Waals surface area contributed by atoms with Gasteiger partial charge in [-0.2, -0.15) is 0 Å². The van der Waals surface area contributed by atoms with Crippen molar-refractivity contribution >= 4 is 17.6 Å². The Morgan fingerprint density at radius 1 is 1.06 bits per heavy atom. The first-order valence-corrected chi connectivity index (χ1v) is 11.9. The molecule has 1 heterocycles. The van der Waals surface area contributed by atoms with Gasteiger partial charge in [-0.25, -0.2) is 9.79 Å².